The molecular formula is C14H24O. The average molecular weight is 208 g/mol. The Morgan fingerprint density at radius 2 is 2.20 bits per heavy atom. The molecule has 1 heteroatoms. The highest BCUT2D eigenvalue weighted by atomic mass is 16.1. The molecule has 0 radical (unpaired) electrons. The number of hydrogen-bond donors (Lipinski definition) is 0. The molecule has 0 aromatic heterocycles. The van der Waals surface area contributed by atoms with Crippen molar-refractivity contribution in [2.45, 2.75) is 58.8 Å². The van der Waals surface area contributed by atoms with E-state index in [1.807, 2.05) is 0 Å². The number of allylic oxidation sites excluding steroid dienone is 2. The van der Waals surface area contributed by atoms with E-state index in [0.29, 0.717) is 0 Å². The first-order valence-electron chi connectivity index (χ1n) is 6.38. The van der Waals surface area contributed by atoms with Crippen LogP contribution in [0.5, 0.6) is 0 Å². The topological polar surface area (TPSA) is 17.1 Å². The summed E-state index contributed by atoms with van der Waals surface area (Å²) in [6, 6.07) is 0. The molecule has 0 saturated heterocycles. The second-order valence-corrected chi connectivity index (χ2v) is 4.97. The minimum absolute atomic E-state index is 0.204. The SMILES string of the molecule is CCCCCCC1CC(C)=CC(C=O)C1. The van der Waals surface area contributed by atoms with Gasteiger partial charge in [-0.3, -0.25) is 0 Å². The maximum Gasteiger partial charge on any atom is 0.126 e. The summed E-state index contributed by atoms with van der Waals surface area (Å²) in [5.41, 5.74) is 1.42. The van der Waals surface area contributed by atoms with Gasteiger partial charge < -0.3 is 4.79 Å². The highest BCUT2D eigenvalue weighted by molar-refractivity contribution is 5.57. The molecular weight excluding hydrogens is 184 g/mol. The highest BCUT2D eigenvalue weighted by Crippen LogP contribution is 2.30. The van der Waals surface area contributed by atoms with Gasteiger partial charge in [0.1, 0.15) is 6.29 Å². The summed E-state index contributed by atoms with van der Waals surface area (Å²) in [5, 5.41) is 0. The second-order valence-electron chi connectivity index (χ2n) is 4.97. The van der Waals surface area contributed by atoms with Crippen LogP contribution in [-0.4, -0.2) is 6.29 Å². The van der Waals surface area contributed by atoms with Gasteiger partial charge in [0.2, 0.25) is 0 Å². The van der Waals surface area contributed by atoms with Crippen LogP contribution < -0.4 is 0 Å². The van der Waals surface area contributed by atoms with E-state index in [0.717, 1.165) is 18.6 Å². The van der Waals surface area contributed by atoms with E-state index in [1.54, 1.807) is 0 Å². The van der Waals surface area contributed by atoms with Gasteiger partial charge in [-0.2, -0.15) is 0 Å². The fraction of sp³-hybridized carbons (Fsp3) is 0.786. The van der Waals surface area contributed by atoms with Crippen molar-refractivity contribution in [3.63, 3.8) is 0 Å². The van der Waals surface area contributed by atoms with Crippen LogP contribution in [0.25, 0.3) is 0 Å². The molecule has 0 aromatic carbocycles. The smallest absolute Gasteiger partial charge is 0.126 e. The molecule has 1 rings (SSSR count). The van der Waals surface area contributed by atoms with Gasteiger partial charge >= 0.3 is 0 Å². The Kier molecular flexibility index (Phi) is 5.67. The summed E-state index contributed by atoms with van der Waals surface area (Å²) < 4.78 is 0. The van der Waals surface area contributed by atoms with Crippen LogP contribution in [0, 0.1) is 11.8 Å². The predicted molar refractivity (Wildman–Crippen MR) is 64.8 cm³/mol. The Bertz CT molecular complexity index is 217. The molecule has 0 aromatic rings. The molecule has 86 valence electrons. The predicted octanol–water partition coefficient (Wildman–Crippen LogP) is 4.13. The van der Waals surface area contributed by atoms with Crippen molar-refractivity contribution in [1.29, 1.82) is 0 Å². The fourth-order valence-electron chi connectivity index (χ4n) is 2.60. The molecule has 2 atom stereocenters. The lowest BCUT2D eigenvalue weighted by Crippen LogP contribution is -2.14. The zero-order valence-corrected chi connectivity index (χ0v) is 10.2. The van der Waals surface area contributed by atoms with Crippen LogP contribution in [0.1, 0.15) is 58.8 Å². The Hall–Kier alpha value is -0.590. The number of hydrogen-bond acceptors (Lipinski definition) is 1. The van der Waals surface area contributed by atoms with Gasteiger partial charge in [0.25, 0.3) is 0 Å². The first kappa shape index (κ1) is 12.5. The van der Waals surface area contributed by atoms with Gasteiger partial charge in [-0.05, 0) is 25.7 Å². The lowest BCUT2D eigenvalue weighted by molar-refractivity contribution is -0.110. The lowest BCUT2D eigenvalue weighted by Gasteiger charge is -2.24. The van der Waals surface area contributed by atoms with Gasteiger partial charge in [0, 0.05) is 5.92 Å². The molecule has 1 aliphatic carbocycles. The number of carbonyl (C=O) groups is 1. The quantitative estimate of drug-likeness (QED) is 0.364. The zero-order chi connectivity index (χ0) is 11.1. The van der Waals surface area contributed by atoms with Crippen LogP contribution in [-0.2, 0) is 4.79 Å². The maximum absolute atomic E-state index is 10.8. The Balaban J connectivity index is 2.25. The zero-order valence-electron chi connectivity index (χ0n) is 10.2. The molecule has 0 bridgehead atoms. The molecule has 2 unspecified atom stereocenters. The summed E-state index contributed by atoms with van der Waals surface area (Å²) in [5.74, 6) is 0.969. The largest absolute Gasteiger partial charge is 0.303 e. The first-order valence-corrected chi connectivity index (χ1v) is 6.38. The fourth-order valence-corrected chi connectivity index (χ4v) is 2.60. The van der Waals surface area contributed by atoms with Crippen LogP contribution in [0.4, 0.5) is 0 Å². The maximum atomic E-state index is 10.8. The van der Waals surface area contributed by atoms with E-state index in [9.17, 15) is 4.79 Å². The van der Waals surface area contributed by atoms with Crippen molar-refractivity contribution in [3.05, 3.63) is 11.6 Å². The first-order chi connectivity index (χ1) is 7.26. The normalized spacial score (nSPS) is 26.1. The lowest BCUT2D eigenvalue weighted by atomic mass is 9.81. The van der Waals surface area contributed by atoms with E-state index < -0.39 is 0 Å². The Labute approximate surface area is 93.9 Å². The molecule has 0 amide bonds. The Morgan fingerprint density at radius 3 is 2.87 bits per heavy atom. The molecule has 0 saturated carbocycles. The van der Waals surface area contributed by atoms with E-state index in [1.165, 1.54) is 44.1 Å². The molecule has 1 nitrogen and oxygen atoms in total. The number of carbonyl (C=O) groups excluding carboxylic acids is 1. The third-order valence-corrected chi connectivity index (χ3v) is 3.36. The summed E-state index contributed by atoms with van der Waals surface area (Å²) in [6.07, 6.45) is 12.3. The van der Waals surface area contributed by atoms with Crippen molar-refractivity contribution in [2.75, 3.05) is 0 Å². The highest BCUT2D eigenvalue weighted by Gasteiger charge is 2.19. The molecule has 0 N–H and O–H groups in total. The van der Waals surface area contributed by atoms with Crippen LogP contribution in [0.15, 0.2) is 11.6 Å². The minimum Gasteiger partial charge on any atom is -0.303 e. The van der Waals surface area contributed by atoms with Crippen molar-refractivity contribution >= 4 is 6.29 Å². The monoisotopic (exact) mass is 208 g/mol. The molecule has 15 heavy (non-hydrogen) atoms. The second kappa shape index (κ2) is 6.81. The molecule has 0 aliphatic heterocycles. The average Bonchev–Trinajstić information content (AvgIpc) is 2.23. The van der Waals surface area contributed by atoms with E-state index in [2.05, 4.69) is 19.9 Å². The standard InChI is InChI=1S/C14H24O/c1-3-4-5-6-7-13-8-12(2)9-14(10-13)11-15/h9,11,13-14H,3-8,10H2,1-2H3. The number of rotatable bonds is 6. The summed E-state index contributed by atoms with van der Waals surface area (Å²) >= 11 is 0. The van der Waals surface area contributed by atoms with Crippen LogP contribution in [0.2, 0.25) is 0 Å². The van der Waals surface area contributed by atoms with Gasteiger partial charge in [-0.1, -0.05) is 50.7 Å². The third kappa shape index (κ3) is 4.63. The van der Waals surface area contributed by atoms with E-state index in [-0.39, 0.29) is 5.92 Å². The third-order valence-electron chi connectivity index (χ3n) is 3.36. The van der Waals surface area contributed by atoms with Crippen molar-refractivity contribution in [1.82, 2.24) is 0 Å². The summed E-state index contributed by atoms with van der Waals surface area (Å²) in [7, 11) is 0. The van der Waals surface area contributed by atoms with E-state index in [4.69, 9.17) is 0 Å². The van der Waals surface area contributed by atoms with Crippen molar-refractivity contribution in [3.8, 4) is 0 Å². The van der Waals surface area contributed by atoms with Gasteiger partial charge in [-0.25, -0.2) is 0 Å². The van der Waals surface area contributed by atoms with Gasteiger partial charge in [-0.15, -0.1) is 0 Å². The van der Waals surface area contributed by atoms with Crippen LogP contribution in [0.3, 0.4) is 0 Å². The summed E-state index contributed by atoms with van der Waals surface area (Å²) in [6.45, 7) is 4.41. The molecule has 0 spiro atoms. The Morgan fingerprint density at radius 1 is 1.40 bits per heavy atom. The van der Waals surface area contributed by atoms with Crippen molar-refractivity contribution in [2.24, 2.45) is 11.8 Å². The number of unbranched alkanes of at least 4 members (excludes halogenated alkanes) is 3. The molecule has 1 aliphatic rings. The van der Waals surface area contributed by atoms with Crippen molar-refractivity contribution < 1.29 is 4.79 Å². The van der Waals surface area contributed by atoms with Gasteiger partial charge in [0.15, 0.2) is 0 Å². The van der Waals surface area contributed by atoms with E-state index >= 15 is 0 Å². The molecule has 0 fully saturated rings. The number of aldehydes is 1. The minimum atomic E-state index is 0.204. The van der Waals surface area contributed by atoms with Gasteiger partial charge in [0.05, 0.1) is 0 Å². The summed E-state index contributed by atoms with van der Waals surface area (Å²) in [4.78, 5) is 10.8. The van der Waals surface area contributed by atoms with Crippen LogP contribution >= 0.6 is 0 Å². The molecule has 0 heterocycles.